The van der Waals surface area contributed by atoms with E-state index in [1.807, 2.05) is 66.6 Å². The Morgan fingerprint density at radius 1 is 0.750 bits per heavy atom. The first kappa shape index (κ1) is 40.7. The van der Waals surface area contributed by atoms with E-state index in [-0.39, 0.29) is 47.7 Å². The zero-order valence-electron chi connectivity index (χ0n) is 34.5. The molecule has 2 amide bonds. The van der Waals surface area contributed by atoms with Crippen LogP contribution in [0.25, 0.3) is 10.9 Å². The molecule has 1 aromatic heterocycles. The lowest BCUT2D eigenvalue weighted by Gasteiger charge is -2.36. The molecule has 0 bridgehead atoms. The standard InChI is InChI=1S/C45H50FN7O7/c1-5-59-47-40-31-23-28(3)9-13-36(31)51(43(40)55)16-7-15-49-18-20-50(21-19-49)39-26-38-33(25-35(39)46)42(54)34(27-53(38)30-11-12-30)45(57)58-22-8-17-52-37-14-10-29(4)24-32(37)41(44(52)56)48-60-6-2/h9-10,13-14,23-27,30H,5-8,11-12,15-22H2,1-4H3/b47-40+,48-41-. The van der Waals surface area contributed by atoms with Gasteiger partial charge in [0.2, 0.25) is 5.43 Å². The molecule has 2 fully saturated rings. The molecule has 14 nitrogen and oxygen atoms in total. The molecule has 4 aliphatic rings. The molecule has 3 aromatic carbocycles. The maximum atomic E-state index is 16.0. The third-order valence-electron chi connectivity index (χ3n) is 11.5. The number of nitrogens with zero attached hydrogens (tertiary/aromatic N) is 7. The Bertz CT molecular complexity index is 2470. The summed E-state index contributed by atoms with van der Waals surface area (Å²) in [5.74, 6) is -1.76. The minimum Gasteiger partial charge on any atom is -0.462 e. The second kappa shape index (κ2) is 17.3. The van der Waals surface area contributed by atoms with E-state index in [9.17, 15) is 19.2 Å². The molecule has 4 heterocycles. The Morgan fingerprint density at radius 2 is 1.33 bits per heavy atom. The fourth-order valence-electron chi connectivity index (χ4n) is 8.26. The van der Waals surface area contributed by atoms with Crippen molar-refractivity contribution in [3.8, 4) is 0 Å². The van der Waals surface area contributed by atoms with Crippen LogP contribution in [0.4, 0.5) is 21.5 Å². The minimum atomic E-state index is -0.785. The summed E-state index contributed by atoms with van der Waals surface area (Å²) >= 11 is 0. The van der Waals surface area contributed by atoms with Gasteiger partial charge in [0.25, 0.3) is 11.8 Å². The molecule has 314 valence electrons. The van der Waals surface area contributed by atoms with E-state index in [2.05, 4.69) is 15.2 Å². The summed E-state index contributed by atoms with van der Waals surface area (Å²) in [7, 11) is 0. The number of esters is 1. The predicted octanol–water partition coefficient (Wildman–Crippen LogP) is 5.73. The van der Waals surface area contributed by atoms with Gasteiger partial charge in [0.05, 0.1) is 29.2 Å². The van der Waals surface area contributed by atoms with Crippen LogP contribution >= 0.6 is 0 Å². The smallest absolute Gasteiger partial charge is 0.343 e. The number of oxime groups is 2. The van der Waals surface area contributed by atoms with Crippen LogP contribution in [0.3, 0.4) is 0 Å². The summed E-state index contributed by atoms with van der Waals surface area (Å²) in [5, 5.41) is 8.30. The molecule has 1 saturated heterocycles. The van der Waals surface area contributed by atoms with E-state index < -0.39 is 17.2 Å². The average molecular weight is 820 g/mol. The summed E-state index contributed by atoms with van der Waals surface area (Å²) in [6.07, 6.45) is 4.39. The summed E-state index contributed by atoms with van der Waals surface area (Å²) in [5.41, 5.74) is 5.89. The number of anilines is 3. The SMILES string of the molecule is CCO/N=C1\C(=O)N(CCCOC(=O)c2cn(C3CC3)c3cc(N4CCN(CCCN5C(=O)/C(=N/OCC)c6cc(C)ccc65)CC4)c(F)cc3c2=O)c2ccc(C)cc21. The van der Waals surface area contributed by atoms with Crippen molar-refractivity contribution in [2.45, 2.75) is 59.4 Å². The average Bonchev–Trinajstić information content (AvgIpc) is 4.01. The molecular weight excluding hydrogens is 770 g/mol. The summed E-state index contributed by atoms with van der Waals surface area (Å²) in [6.45, 7) is 12.4. The number of hydrogen-bond acceptors (Lipinski definition) is 11. The zero-order valence-corrected chi connectivity index (χ0v) is 34.5. The maximum Gasteiger partial charge on any atom is 0.343 e. The monoisotopic (exact) mass is 819 g/mol. The lowest BCUT2D eigenvalue weighted by molar-refractivity contribution is -0.113. The van der Waals surface area contributed by atoms with Crippen molar-refractivity contribution in [1.29, 1.82) is 0 Å². The van der Waals surface area contributed by atoms with E-state index in [1.165, 1.54) is 6.07 Å². The number of piperazine rings is 1. The zero-order chi connectivity index (χ0) is 42.1. The number of fused-ring (bicyclic) bond motifs is 3. The molecule has 15 heteroatoms. The van der Waals surface area contributed by atoms with Gasteiger partial charge in [-0.25, -0.2) is 9.18 Å². The quantitative estimate of drug-likeness (QED) is 0.0837. The fraction of sp³-hybridized carbons (Fsp3) is 0.422. The molecule has 0 spiro atoms. The van der Waals surface area contributed by atoms with Gasteiger partial charge in [-0.2, -0.15) is 0 Å². The van der Waals surface area contributed by atoms with Crippen LogP contribution in [0.5, 0.6) is 0 Å². The van der Waals surface area contributed by atoms with Crippen LogP contribution in [-0.2, 0) is 24.0 Å². The predicted molar refractivity (Wildman–Crippen MR) is 228 cm³/mol. The number of aryl methyl sites for hydroxylation is 2. The van der Waals surface area contributed by atoms with E-state index in [0.717, 1.165) is 48.2 Å². The van der Waals surface area contributed by atoms with E-state index in [0.29, 0.717) is 80.5 Å². The number of carbonyl (C=O) groups excluding carboxylic acids is 3. The number of carbonyl (C=O) groups is 3. The molecule has 60 heavy (non-hydrogen) atoms. The lowest BCUT2D eigenvalue weighted by atomic mass is 10.1. The minimum absolute atomic E-state index is 0.0315. The van der Waals surface area contributed by atoms with Crippen molar-refractivity contribution in [1.82, 2.24) is 9.47 Å². The maximum absolute atomic E-state index is 16.0. The third kappa shape index (κ3) is 7.97. The highest BCUT2D eigenvalue weighted by Gasteiger charge is 2.36. The molecule has 0 atom stereocenters. The van der Waals surface area contributed by atoms with Gasteiger partial charge >= 0.3 is 5.97 Å². The second-order valence-corrected chi connectivity index (χ2v) is 15.7. The fourth-order valence-corrected chi connectivity index (χ4v) is 8.26. The first-order valence-corrected chi connectivity index (χ1v) is 20.9. The van der Waals surface area contributed by atoms with Gasteiger partial charge in [0.1, 0.15) is 24.6 Å². The molecular formula is C45H50FN7O7. The number of halogens is 1. The van der Waals surface area contributed by atoms with Gasteiger partial charge in [-0.1, -0.05) is 33.6 Å². The molecule has 0 N–H and O–H groups in total. The number of amides is 2. The molecule has 0 unspecified atom stereocenters. The van der Waals surface area contributed by atoms with Gasteiger partial charge in [-0.15, -0.1) is 0 Å². The van der Waals surface area contributed by atoms with Crippen molar-refractivity contribution >= 4 is 57.2 Å². The first-order valence-electron chi connectivity index (χ1n) is 20.9. The van der Waals surface area contributed by atoms with Crippen molar-refractivity contribution in [2.24, 2.45) is 10.3 Å². The van der Waals surface area contributed by atoms with Crippen LogP contribution < -0.4 is 20.1 Å². The highest BCUT2D eigenvalue weighted by molar-refractivity contribution is 6.55. The Labute approximate surface area is 347 Å². The topological polar surface area (TPSA) is 139 Å². The summed E-state index contributed by atoms with van der Waals surface area (Å²) in [4.78, 5) is 71.8. The van der Waals surface area contributed by atoms with E-state index >= 15 is 4.39 Å². The number of benzene rings is 3. The molecule has 3 aliphatic heterocycles. The first-order chi connectivity index (χ1) is 29.1. The van der Waals surface area contributed by atoms with Crippen molar-refractivity contribution in [3.05, 3.63) is 98.6 Å². The Morgan fingerprint density at radius 3 is 1.90 bits per heavy atom. The number of hydrogen-bond donors (Lipinski definition) is 0. The Hall–Kier alpha value is -6.09. The van der Waals surface area contributed by atoms with Gasteiger partial charge in [-0.05, 0) is 96.3 Å². The van der Waals surface area contributed by atoms with Gasteiger partial charge < -0.3 is 33.7 Å². The van der Waals surface area contributed by atoms with Crippen LogP contribution in [0.15, 0.2) is 69.8 Å². The molecule has 4 aromatic rings. The largest absolute Gasteiger partial charge is 0.462 e. The number of ether oxygens (including phenoxy) is 1. The van der Waals surface area contributed by atoms with Crippen LogP contribution in [0.2, 0.25) is 0 Å². The van der Waals surface area contributed by atoms with Crippen LogP contribution in [0, 0.1) is 19.7 Å². The van der Waals surface area contributed by atoms with Gasteiger partial charge in [0, 0.05) is 68.0 Å². The second-order valence-electron chi connectivity index (χ2n) is 15.7. The molecule has 1 saturated carbocycles. The van der Waals surface area contributed by atoms with Crippen molar-refractivity contribution in [3.63, 3.8) is 0 Å². The number of aromatic nitrogens is 1. The summed E-state index contributed by atoms with van der Waals surface area (Å²) in [6, 6.07) is 14.7. The normalized spacial score (nSPS) is 17.9. The van der Waals surface area contributed by atoms with Gasteiger partial charge in [0.15, 0.2) is 11.4 Å². The lowest BCUT2D eigenvalue weighted by Crippen LogP contribution is -2.47. The van der Waals surface area contributed by atoms with Gasteiger partial charge in [-0.3, -0.25) is 19.3 Å². The third-order valence-corrected chi connectivity index (χ3v) is 11.5. The Kier molecular flexibility index (Phi) is 11.7. The van der Waals surface area contributed by atoms with Crippen molar-refractivity contribution < 1.29 is 33.2 Å². The highest BCUT2D eigenvalue weighted by atomic mass is 19.1. The number of rotatable bonds is 15. The van der Waals surface area contributed by atoms with E-state index in [1.54, 1.807) is 29.0 Å². The summed E-state index contributed by atoms with van der Waals surface area (Å²) < 4.78 is 23.5. The number of pyridine rings is 1. The van der Waals surface area contributed by atoms with Crippen LogP contribution in [-0.4, -0.2) is 104 Å². The Balaban J connectivity index is 0.892. The molecule has 0 radical (unpaired) electrons. The highest BCUT2D eigenvalue weighted by Crippen LogP contribution is 2.39. The molecule has 1 aliphatic carbocycles. The van der Waals surface area contributed by atoms with Crippen molar-refractivity contribution in [2.75, 3.05) is 80.3 Å². The van der Waals surface area contributed by atoms with E-state index in [4.69, 9.17) is 14.4 Å². The molecule has 8 rings (SSSR count). The van der Waals surface area contributed by atoms with Crippen LogP contribution in [0.1, 0.15) is 78.2 Å².